The zero-order valence-electron chi connectivity index (χ0n) is 11.3. The number of imidazole rings is 1. The van der Waals surface area contributed by atoms with E-state index in [9.17, 15) is 5.11 Å². The van der Waals surface area contributed by atoms with E-state index in [4.69, 9.17) is 0 Å². The molecule has 1 aliphatic carbocycles. The highest BCUT2D eigenvalue weighted by atomic mass is 79.9. The molecule has 1 aliphatic rings. The van der Waals surface area contributed by atoms with Crippen molar-refractivity contribution < 1.29 is 5.11 Å². The van der Waals surface area contributed by atoms with Crippen LogP contribution in [0.5, 0.6) is 0 Å². The standard InChI is InChI=1S/C14H19BrN4O/c15-13-9-19-11(7-18-14(19)8-17-13)6-16-5-10-1-3-12(20)4-2-10/h7-10,12,16,20H,1-6H2. The Morgan fingerprint density at radius 3 is 2.85 bits per heavy atom. The number of nitrogens with one attached hydrogen (secondary N) is 1. The highest BCUT2D eigenvalue weighted by molar-refractivity contribution is 9.10. The summed E-state index contributed by atoms with van der Waals surface area (Å²) in [6.07, 6.45) is 9.65. The van der Waals surface area contributed by atoms with Gasteiger partial charge in [0.2, 0.25) is 0 Å². The van der Waals surface area contributed by atoms with E-state index in [0.717, 1.165) is 54.7 Å². The number of halogens is 1. The Labute approximate surface area is 126 Å². The van der Waals surface area contributed by atoms with Crippen molar-refractivity contribution in [1.29, 1.82) is 0 Å². The van der Waals surface area contributed by atoms with Crippen LogP contribution in [-0.4, -0.2) is 32.1 Å². The first-order valence-corrected chi connectivity index (χ1v) is 7.88. The molecule has 2 heterocycles. The summed E-state index contributed by atoms with van der Waals surface area (Å²) in [6, 6.07) is 0. The summed E-state index contributed by atoms with van der Waals surface area (Å²) in [6.45, 7) is 1.81. The molecule has 1 fully saturated rings. The van der Waals surface area contributed by atoms with Gasteiger partial charge in [0.1, 0.15) is 4.60 Å². The molecule has 5 nitrogen and oxygen atoms in total. The third-order valence-electron chi connectivity index (χ3n) is 4.00. The number of aromatic nitrogens is 3. The van der Waals surface area contributed by atoms with E-state index in [1.54, 1.807) is 6.20 Å². The average Bonchev–Trinajstić information content (AvgIpc) is 2.84. The Bertz CT molecular complexity index is 578. The van der Waals surface area contributed by atoms with Gasteiger partial charge in [-0.2, -0.15) is 0 Å². The van der Waals surface area contributed by atoms with Crippen molar-refractivity contribution in [2.24, 2.45) is 5.92 Å². The first-order chi connectivity index (χ1) is 9.72. The Balaban J connectivity index is 1.56. The Morgan fingerprint density at radius 1 is 1.25 bits per heavy atom. The smallest absolute Gasteiger partial charge is 0.155 e. The van der Waals surface area contributed by atoms with E-state index >= 15 is 0 Å². The molecule has 0 amide bonds. The van der Waals surface area contributed by atoms with Crippen LogP contribution >= 0.6 is 15.9 Å². The highest BCUT2D eigenvalue weighted by Crippen LogP contribution is 2.23. The van der Waals surface area contributed by atoms with Crippen LogP contribution in [-0.2, 0) is 6.54 Å². The number of hydrogen-bond donors (Lipinski definition) is 2. The van der Waals surface area contributed by atoms with Crippen LogP contribution in [0.15, 0.2) is 23.2 Å². The van der Waals surface area contributed by atoms with Gasteiger partial charge in [-0.25, -0.2) is 9.97 Å². The molecule has 0 unspecified atom stereocenters. The molecule has 2 aromatic heterocycles. The Kier molecular flexibility index (Phi) is 4.33. The van der Waals surface area contributed by atoms with Crippen LogP contribution in [0.4, 0.5) is 0 Å². The van der Waals surface area contributed by atoms with Gasteiger partial charge in [0, 0.05) is 12.7 Å². The summed E-state index contributed by atoms with van der Waals surface area (Å²) in [5.74, 6) is 0.686. The van der Waals surface area contributed by atoms with Crippen molar-refractivity contribution in [3.63, 3.8) is 0 Å². The zero-order valence-corrected chi connectivity index (χ0v) is 12.9. The normalized spacial score (nSPS) is 23.3. The van der Waals surface area contributed by atoms with E-state index < -0.39 is 0 Å². The second-order valence-corrected chi connectivity index (χ2v) is 6.31. The molecule has 0 spiro atoms. The maximum atomic E-state index is 9.50. The van der Waals surface area contributed by atoms with Gasteiger partial charge in [-0.05, 0) is 54.1 Å². The Hall–Kier alpha value is -0.980. The van der Waals surface area contributed by atoms with E-state index in [-0.39, 0.29) is 6.10 Å². The molecule has 0 aromatic carbocycles. The number of hydrogen-bond acceptors (Lipinski definition) is 4. The van der Waals surface area contributed by atoms with Crippen LogP contribution in [0.2, 0.25) is 0 Å². The zero-order chi connectivity index (χ0) is 13.9. The first-order valence-electron chi connectivity index (χ1n) is 7.08. The molecule has 0 aliphatic heterocycles. The van der Waals surface area contributed by atoms with Gasteiger partial charge in [-0.15, -0.1) is 0 Å². The predicted molar refractivity (Wildman–Crippen MR) is 80.4 cm³/mol. The molecule has 6 heteroatoms. The number of nitrogens with zero attached hydrogens (tertiary/aromatic N) is 3. The van der Waals surface area contributed by atoms with E-state index in [1.165, 1.54) is 0 Å². The van der Waals surface area contributed by atoms with Gasteiger partial charge in [-0.3, -0.25) is 4.40 Å². The van der Waals surface area contributed by atoms with Crippen LogP contribution < -0.4 is 5.32 Å². The average molecular weight is 339 g/mol. The third-order valence-corrected chi connectivity index (χ3v) is 4.41. The lowest BCUT2D eigenvalue weighted by Gasteiger charge is -2.25. The predicted octanol–water partition coefficient (Wildman–Crippen LogP) is 2.13. The summed E-state index contributed by atoms with van der Waals surface area (Å²) in [5, 5.41) is 13.0. The SMILES string of the molecule is OC1CCC(CNCc2cnc3cnc(Br)cn23)CC1. The number of fused-ring (bicyclic) bond motifs is 1. The third kappa shape index (κ3) is 3.19. The van der Waals surface area contributed by atoms with Crippen molar-refractivity contribution >= 4 is 21.6 Å². The summed E-state index contributed by atoms with van der Waals surface area (Å²) in [5.41, 5.74) is 2.00. The van der Waals surface area contributed by atoms with Crippen molar-refractivity contribution in [2.45, 2.75) is 38.3 Å². The molecule has 0 atom stereocenters. The van der Waals surface area contributed by atoms with Gasteiger partial charge in [0.25, 0.3) is 0 Å². The van der Waals surface area contributed by atoms with Crippen LogP contribution in [0.25, 0.3) is 5.65 Å². The maximum absolute atomic E-state index is 9.50. The number of rotatable bonds is 4. The van der Waals surface area contributed by atoms with Crippen LogP contribution in [0.1, 0.15) is 31.4 Å². The van der Waals surface area contributed by atoms with Gasteiger partial charge in [0.05, 0.1) is 24.2 Å². The molecule has 0 saturated heterocycles. The quantitative estimate of drug-likeness (QED) is 0.896. The molecular formula is C14H19BrN4O. The molecule has 1 saturated carbocycles. The minimum Gasteiger partial charge on any atom is -0.393 e. The Morgan fingerprint density at radius 2 is 2.05 bits per heavy atom. The molecule has 20 heavy (non-hydrogen) atoms. The minimum absolute atomic E-state index is 0.0742. The van der Waals surface area contributed by atoms with E-state index in [2.05, 4.69) is 35.6 Å². The fourth-order valence-electron chi connectivity index (χ4n) is 2.80. The lowest BCUT2D eigenvalue weighted by Crippen LogP contribution is -2.28. The monoisotopic (exact) mass is 338 g/mol. The minimum atomic E-state index is -0.0742. The molecular weight excluding hydrogens is 320 g/mol. The fraction of sp³-hybridized carbons (Fsp3) is 0.571. The second kappa shape index (κ2) is 6.20. The fourth-order valence-corrected chi connectivity index (χ4v) is 3.11. The van der Waals surface area contributed by atoms with Gasteiger partial charge in [0.15, 0.2) is 5.65 Å². The second-order valence-electron chi connectivity index (χ2n) is 5.49. The summed E-state index contributed by atoms with van der Waals surface area (Å²) in [7, 11) is 0. The maximum Gasteiger partial charge on any atom is 0.155 e. The van der Waals surface area contributed by atoms with Crippen molar-refractivity contribution in [3.8, 4) is 0 Å². The van der Waals surface area contributed by atoms with Crippen LogP contribution in [0.3, 0.4) is 0 Å². The molecule has 108 valence electrons. The van der Waals surface area contributed by atoms with Gasteiger partial charge in [-0.1, -0.05) is 0 Å². The molecule has 0 bridgehead atoms. The van der Waals surface area contributed by atoms with Gasteiger partial charge >= 0.3 is 0 Å². The van der Waals surface area contributed by atoms with Crippen molar-refractivity contribution in [3.05, 3.63) is 28.9 Å². The molecule has 0 radical (unpaired) electrons. The number of aliphatic hydroxyl groups excluding tert-OH is 1. The topological polar surface area (TPSA) is 62.5 Å². The van der Waals surface area contributed by atoms with Crippen molar-refractivity contribution in [1.82, 2.24) is 19.7 Å². The summed E-state index contributed by atoms with van der Waals surface area (Å²) >= 11 is 3.38. The van der Waals surface area contributed by atoms with Gasteiger partial charge < -0.3 is 10.4 Å². The summed E-state index contributed by atoms with van der Waals surface area (Å²) in [4.78, 5) is 8.51. The van der Waals surface area contributed by atoms with Crippen molar-refractivity contribution in [2.75, 3.05) is 6.54 Å². The van der Waals surface area contributed by atoms with E-state index in [1.807, 2.05) is 12.4 Å². The molecule has 2 N–H and O–H groups in total. The summed E-state index contributed by atoms with van der Waals surface area (Å²) < 4.78 is 2.86. The highest BCUT2D eigenvalue weighted by Gasteiger charge is 2.18. The lowest BCUT2D eigenvalue weighted by molar-refractivity contribution is 0.108. The lowest BCUT2D eigenvalue weighted by atomic mass is 9.87. The van der Waals surface area contributed by atoms with E-state index in [0.29, 0.717) is 5.92 Å². The first kappa shape index (κ1) is 14.0. The molecule has 3 rings (SSSR count). The molecule has 2 aromatic rings. The largest absolute Gasteiger partial charge is 0.393 e. The number of aliphatic hydroxyl groups is 1. The van der Waals surface area contributed by atoms with Crippen LogP contribution in [0, 0.1) is 5.92 Å².